The maximum absolute atomic E-state index is 12.2. The zero-order chi connectivity index (χ0) is 17.2. The van der Waals surface area contributed by atoms with Gasteiger partial charge in [-0.1, -0.05) is 30.3 Å². The van der Waals surface area contributed by atoms with Crippen molar-refractivity contribution >= 4 is 40.7 Å². The standard InChI is InChI=1S/C18H23N3O2S.HI/c1-19-18(21-14-15-8-10-16(23-2)11-9-15)20-12-13-24(22)17-6-4-3-5-7-17;/h3-11H,12-14H2,1-2H3,(H2,19,20,21);1H. The molecule has 0 saturated heterocycles. The third-order valence-electron chi connectivity index (χ3n) is 3.43. The molecule has 2 aromatic carbocycles. The lowest BCUT2D eigenvalue weighted by atomic mass is 10.2. The Morgan fingerprint density at radius 3 is 2.36 bits per heavy atom. The molecule has 0 heterocycles. The van der Waals surface area contributed by atoms with Crippen LogP contribution in [-0.4, -0.2) is 36.6 Å². The van der Waals surface area contributed by atoms with Crippen LogP contribution in [0.5, 0.6) is 5.75 Å². The highest BCUT2D eigenvalue weighted by molar-refractivity contribution is 14.0. The molecule has 1 atom stereocenters. The van der Waals surface area contributed by atoms with Crippen LogP contribution in [0.25, 0.3) is 0 Å². The maximum atomic E-state index is 12.2. The second-order valence-electron chi connectivity index (χ2n) is 5.06. The van der Waals surface area contributed by atoms with Gasteiger partial charge in [0, 0.05) is 30.8 Å². The van der Waals surface area contributed by atoms with Crippen molar-refractivity contribution in [3.05, 3.63) is 60.2 Å². The number of nitrogens with zero attached hydrogens (tertiary/aromatic N) is 1. The lowest BCUT2D eigenvalue weighted by molar-refractivity contribution is 0.414. The van der Waals surface area contributed by atoms with E-state index in [-0.39, 0.29) is 24.0 Å². The smallest absolute Gasteiger partial charge is 0.191 e. The fourth-order valence-electron chi connectivity index (χ4n) is 2.10. The molecule has 0 aliphatic heterocycles. The molecule has 5 nitrogen and oxygen atoms in total. The van der Waals surface area contributed by atoms with Crippen molar-refractivity contribution in [2.24, 2.45) is 4.99 Å². The maximum Gasteiger partial charge on any atom is 0.191 e. The Morgan fingerprint density at radius 2 is 1.76 bits per heavy atom. The summed E-state index contributed by atoms with van der Waals surface area (Å²) in [6, 6.07) is 17.3. The fourth-order valence-corrected chi connectivity index (χ4v) is 3.09. The summed E-state index contributed by atoms with van der Waals surface area (Å²) >= 11 is 0. The molecule has 136 valence electrons. The topological polar surface area (TPSA) is 62.7 Å². The predicted molar refractivity (Wildman–Crippen MR) is 114 cm³/mol. The lowest BCUT2D eigenvalue weighted by Gasteiger charge is -2.12. The molecule has 0 bridgehead atoms. The van der Waals surface area contributed by atoms with Gasteiger partial charge in [0.15, 0.2) is 5.96 Å². The third-order valence-corrected chi connectivity index (χ3v) is 4.80. The van der Waals surface area contributed by atoms with E-state index in [1.54, 1.807) is 14.2 Å². The Bertz CT molecular complexity index is 678. The van der Waals surface area contributed by atoms with Gasteiger partial charge >= 0.3 is 0 Å². The minimum Gasteiger partial charge on any atom is -0.497 e. The minimum absolute atomic E-state index is 0. The third kappa shape index (κ3) is 7.43. The normalized spacial score (nSPS) is 12.0. The summed E-state index contributed by atoms with van der Waals surface area (Å²) in [6.45, 7) is 1.25. The predicted octanol–water partition coefficient (Wildman–Crippen LogP) is 2.79. The Kier molecular flexibility index (Phi) is 10.2. The number of ether oxygens (including phenoxy) is 1. The van der Waals surface area contributed by atoms with E-state index in [0.29, 0.717) is 24.8 Å². The van der Waals surface area contributed by atoms with E-state index in [0.717, 1.165) is 16.2 Å². The van der Waals surface area contributed by atoms with Crippen LogP contribution in [0.2, 0.25) is 0 Å². The molecule has 0 spiro atoms. The van der Waals surface area contributed by atoms with Crippen LogP contribution in [0.1, 0.15) is 5.56 Å². The molecule has 25 heavy (non-hydrogen) atoms. The van der Waals surface area contributed by atoms with Crippen molar-refractivity contribution in [1.82, 2.24) is 10.6 Å². The van der Waals surface area contributed by atoms with E-state index in [9.17, 15) is 4.21 Å². The summed E-state index contributed by atoms with van der Waals surface area (Å²) in [5.41, 5.74) is 1.13. The van der Waals surface area contributed by atoms with E-state index in [1.165, 1.54) is 0 Å². The molecule has 2 N–H and O–H groups in total. The molecular weight excluding hydrogens is 449 g/mol. The highest BCUT2D eigenvalue weighted by Crippen LogP contribution is 2.10. The van der Waals surface area contributed by atoms with Gasteiger partial charge in [-0.2, -0.15) is 0 Å². The Balaban J connectivity index is 0.00000312. The van der Waals surface area contributed by atoms with Crippen molar-refractivity contribution in [3.8, 4) is 5.75 Å². The Morgan fingerprint density at radius 1 is 1.08 bits per heavy atom. The van der Waals surface area contributed by atoms with Gasteiger partial charge in [-0.05, 0) is 29.8 Å². The number of rotatable bonds is 7. The Labute approximate surface area is 168 Å². The van der Waals surface area contributed by atoms with Crippen LogP contribution < -0.4 is 15.4 Å². The summed E-state index contributed by atoms with van der Waals surface area (Å²) in [6.07, 6.45) is 0. The average Bonchev–Trinajstić information content (AvgIpc) is 2.65. The summed E-state index contributed by atoms with van der Waals surface area (Å²) in [5.74, 6) is 2.06. The van der Waals surface area contributed by atoms with Crippen molar-refractivity contribution in [2.45, 2.75) is 11.4 Å². The number of benzene rings is 2. The van der Waals surface area contributed by atoms with Crippen molar-refractivity contribution in [1.29, 1.82) is 0 Å². The molecule has 7 heteroatoms. The van der Waals surface area contributed by atoms with Gasteiger partial charge in [-0.15, -0.1) is 24.0 Å². The number of hydrogen-bond donors (Lipinski definition) is 2. The summed E-state index contributed by atoms with van der Waals surface area (Å²) in [5, 5.41) is 6.42. The summed E-state index contributed by atoms with van der Waals surface area (Å²) in [7, 11) is 2.37. The van der Waals surface area contributed by atoms with Gasteiger partial charge in [0.25, 0.3) is 0 Å². The van der Waals surface area contributed by atoms with Crippen molar-refractivity contribution < 1.29 is 8.95 Å². The number of aliphatic imine (C=N–C) groups is 1. The highest BCUT2D eigenvalue weighted by atomic mass is 127. The largest absolute Gasteiger partial charge is 0.497 e. The molecule has 0 amide bonds. The molecule has 0 aliphatic rings. The molecule has 0 fully saturated rings. The van der Waals surface area contributed by atoms with E-state index in [1.807, 2.05) is 54.6 Å². The van der Waals surface area contributed by atoms with Crippen LogP contribution in [0.3, 0.4) is 0 Å². The van der Waals surface area contributed by atoms with E-state index >= 15 is 0 Å². The van der Waals surface area contributed by atoms with Crippen molar-refractivity contribution in [2.75, 3.05) is 26.5 Å². The first-order valence-electron chi connectivity index (χ1n) is 7.74. The SMILES string of the molecule is CN=C(NCCS(=O)c1ccccc1)NCc1ccc(OC)cc1.I. The molecule has 0 aliphatic carbocycles. The summed E-state index contributed by atoms with van der Waals surface area (Å²) in [4.78, 5) is 5.02. The van der Waals surface area contributed by atoms with E-state index in [2.05, 4.69) is 15.6 Å². The monoisotopic (exact) mass is 473 g/mol. The van der Waals surface area contributed by atoms with Gasteiger partial charge in [-0.3, -0.25) is 9.20 Å². The number of hydrogen-bond acceptors (Lipinski definition) is 3. The zero-order valence-electron chi connectivity index (χ0n) is 14.4. The van der Waals surface area contributed by atoms with Gasteiger partial charge in [-0.25, -0.2) is 0 Å². The molecule has 2 aromatic rings. The van der Waals surface area contributed by atoms with Gasteiger partial charge in [0.2, 0.25) is 0 Å². The molecular formula is C18H24IN3O2S. The lowest BCUT2D eigenvalue weighted by Crippen LogP contribution is -2.38. The molecule has 0 radical (unpaired) electrons. The quantitative estimate of drug-likeness (QED) is 0.369. The average molecular weight is 473 g/mol. The minimum atomic E-state index is -1.00. The van der Waals surface area contributed by atoms with Crippen LogP contribution in [0.15, 0.2) is 64.5 Å². The zero-order valence-corrected chi connectivity index (χ0v) is 17.5. The van der Waals surface area contributed by atoms with Gasteiger partial charge in [0.1, 0.15) is 5.75 Å². The fraction of sp³-hybridized carbons (Fsp3) is 0.278. The number of nitrogens with one attached hydrogen (secondary N) is 2. The van der Waals surface area contributed by atoms with Crippen LogP contribution in [0.4, 0.5) is 0 Å². The Hall–Kier alpha value is -1.61. The van der Waals surface area contributed by atoms with Crippen LogP contribution >= 0.6 is 24.0 Å². The molecule has 0 aromatic heterocycles. The second kappa shape index (κ2) is 11.9. The number of methoxy groups -OCH3 is 1. The molecule has 2 rings (SSSR count). The van der Waals surface area contributed by atoms with Crippen molar-refractivity contribution in [3.63, 3.8) is 0 Å². The van der Waals surface area contributed by atoms with Gasteiger partial charge in [0.05, 0.1) is 17.9 Å². The summed E-state index contributed by atoms with van der Waals surface area (Å²) < 4.78 is 17.3. The first-order chi connectivity index (χ1) is 11.7. The number of halogens is 1. The molecule has 1 unspecified atom stereocenters. The first kappa shape index (κ1) is 21.4. The van der Waals surface area contributed by atoms with Crippen LogP contribution in [-0.2, 0) is 17.3 Å². The van der Waals surface area contributed by atoms with E-state index in [4.69, 9.17) is 4.74 Å². The molecule has 0 saturated carbocycles. The van der Waals surface area contributed by atoms with E-state index < -0.39 is 10.8 Å². The second-order valence-corrected chi connectivity index (χ2v) is 6.63. The van der Waals surface area contributed by atoms with Crippen LogP contribution in [0, 0.1) is 0 Å². The first-order valence-corrected chi connectivity index (χ1v) is 9.05. The number of guanidine groups is 1. The highest BCUT2D eigenvalue weighted by Gasteiger charge is 2.04. The van der Waals surface area contributed by atoms with Gasteiger partial charge < -0.3 is 15.4 Å².